The van der Waals surface area contributed by atoms with Gasteiger partial charge in [0.1, 0.15) is 11.6 Å². The van der Waals surface area contributed by atoms with Gasteiger partial charge in [0.25, 0.3) is 0 Å². The maximum Gasteiger partial charge on any atom is 0.141 e. The molecule has 2 aromatic rings. The Hall–Kier alpha value is -1.98. The Morgan fingerprint density at radius 1 is 1.30 bits per heavy atom. The lowest BCUT2D eigenvalue weighted by Gasteiger charge is -2.12. The SMILES string of the molecule is Cc1ncc(CO)c(CNCc2cccc(F)c2)c1O. The van der Waals surface area contributed by atoms with Gasteiger partial charge in [-0.15, -0.1) is 0 Å². The highest BCUT2D eigenvalue weighted by atomic mass is 19.1. The van der Waals surface area contributed by atoms with E-state index >= 15 is 0 Å². The molecule has 0 aliphatic carbocycles. The summed E-state index contributed by atoms with van der Waals surface area (Å²) in [5.41, 5.74) is 2.54. The number of aliphatic hydroxyl groups is 1. The highest BCUT2D eigenvalue weighted by molar-refractivity contribution is 5.40. The molecule has 1 aromatic heterocycles. The Balaban J connectivity index is 2.06. The third kappa shape index (κ3) is 3.31. The van der Waals surface area contributed by atoms with Gasteiger partial charge in [-0.2, -0.15) is 0 Å². The Kier molecular flexibility index (Phi) is 4.65. The van der Waals surface area contributed by atoms with Crippen LogP contribution in [-0.2, 0) is 19.7 Å². The van der Waals surface area contributed by atoms with Gasteiger partial charge >= 0.3 is 0 Å². The van der Waals surface area contributed by atoms with E-state index in [1.165, 1.54) is 12.1 Å². The summed E-state index contributed by atoms with van der Waals surface area (Å²) in [6.45, 7) is 2.37. The molecule has 0 unspecified atom stereocenters. The van der Waals surface area contributed by atoms with Gasteiger partial charge in [-0.3, -0.25) is 4.98 Å². The highest BCUT2D eigenvalue weighted by Crippen LogP contribution is 2.23. The van der Waals surface area contributed by atoms with Crippen LogP contribution in [0.5, 0.6) is 5.75 Å². The lowest BCUT2D eigenvalue weighted by atomic mass is 10.1. The minimum Gasteiger partial charge on any atom is -0.506 e. The molecule has 0 aliphatic heterocycles. The van der Waals surface area contributed by atoms with Crippen molar-refractivity contribution in [3.05, 3.63) is 58.7 Å². The fourth-order valence-electron chi connectivity index (χ4n) is 2.00. The molecule has 0 saturated heterocycles. The van der Waals surface area contributed by atoms with Crippen molar-refractivity contribution < 1.29 is 14.6 Å². The monoisotopic (exact) mass is 276 g/mol. The maximum absolute atomic E-state index is 13.0. The summed E-state index contributed by atoms with van der Waals surface area (Å²) < 4.78 is 13.0. The highest BCUT2D eigenvalue weighted by Gasteiger charge is 2.10. The summed E-state index contributed by atoms with van der Waals surface area (Å²) in [5, 5.41) is 22.4. The van der Waals surface area contributed by atoms with Crippen LogP contribution in [0.15, 0.2) is 30.5 Å². The third-order valence-electron chi connectivity index (χ3n) is 3.12. The van der Waals surface area contributed by atoms with Crippen molar-refractivity contribution in [1.82, 2.24) is 10.3 Å². The number of benzene rings is 1. The van der Waals surface area contributed by atoms with E-state index in [-0.39, 0.29) is 18.2 Å². The van der Waals surface area contributed by atoms with E-state index < -0.39 is 0 Å². The first-order valence-electron chi connectivity index (χ1n) is 6.34. The molecule has 0 saturated carbocycles. The van der Waals surface area contributed by atoms with E-state index in [4.69, 9.17) is 0 Å². The number of hydrogen-bond donors (Lipinski definition) is 3. The second-order valence-corrected chi connectivity index (χ2v) is 4.59. The zero-order chi connectivity index (χ0) is 14.5. The topological polar surface area (TPSA) is 65.4 Å². The van der Waals surface area contributed by atoms with E-state index in [0.29, 0.717) is 29.9 Å². The molecular formula is C15H17FN2O2. The molecule has 5 heteroatoms. The van der Waals surface area contributed by atoms with Crippen LogP contribution >= 0.6 is 0 Å². The summed E-state index contributed by atoms with van der Waals surface area (Å²) in [7, 11) is 0. The number of pyridine rings is 1. The second kappa shape index (κ2) is 6.45. The van der Waals surface area contributed by atoms with Gasteiger partial charge in [0.2, 0.25) is 0 Å². The molecular weight excluding hydrogens is 259 g/mol. The third-order valence-corrected chi connectivity index (χ3v) is 3.12. The number of hydrogen-bond acceptors (Lipinski definition) is 4. The van der Waals surface area contributed by atoms with E-state index in [1.807, 2.05) is 6.07 Å². The lowest BCUT2D eigenvalue weighted by molar-refractivity contribution is 0.278. The van der Waals surface area contributed by atoms with Crippen molar-refractivity contribution in [3.63, 3.8) is 0 Å². The van der Waals surface area contributed by atoms with Crippen molar-refractivity contribution in [2.24, 2.45) is 0 Å². The molecule has 0 spiro atoms. The summed E-state index contributed by atoms with van der Waals surface area (Å²) in [5.74, 6) is -0.189. The molecule has 0 amide bonds. The molecule has 20 heavy (non-hydrogen) atoms. The Morgan fingerprint density at radius 3 is 2.80 bits per heavy atom. The van der Waals surface area contributed by atoms with Crippen LogP contribution in [0.25, 0.3) is 0 Å². The average Bonchev–Trinajstić information content (AvgIpc) is 2.44. The Morgan fingerprint density at radius 2 is 2.10 bits per heavy atom. The van der Waals surface area contributed by atoms with Crippen LogP contribution in [0.4, 0.5) is 4.39 Å². The van der Waals surface area contributed by atoms with Crippen LogP contribution in [0.3, 0.4) is 0 Å². The van der Waals surface area contributed by atoms with Gasteiger partial charge in [-0.05, 0) is 24.6 Å². The molecule has 2 rings (SSSR count). The van der Waals surface area contributed by atoms with Crippen molar-refractivity contribution >= 4 is 0 Å². The molecule has 1 heterocycles. The number of aromatic hydroxyl groups is 1. The number of aryl methyl sites for hydroxylation is 1. The number of rotatable bonds is 5. The molecule has 0 fully saturated rings. The minimum atomic E-state index is -0.275. The van der Waals surface area contributed by atoms with Crippen molar-refractivity contribution in [3.8, 4) is 5.75 Å². The van der Waals surface area contributed by atoms with Crippen LogP contribution < -0.4 is 5.32 Å². The molecule has 3 N–H and O–H groups in total. The van der Waals surface area contributed by atoms with Crippen LogP contribution in [-0.4, -0.2) is 15.2 Å². The molecule has 0 aliphatic rings. The zero-order valence-electron chi connectivity index (χ0n) is 11.2. The first-order chi connectivity index (χ1) is 9.61. The smallest absolute Gasteiger partial charge is 0.141 e. The summed E-state index contributed by atoms with van der Waals surface area (Å²) in [6.07, 6.45) is 1.55. The number of aliphatic hydroxyl groups excluding tert-OH is 1. The number of halogens is 1. The maximum atomic E-state index is 13.0. The Labute approximate surface area is 116 Å². The summed E-state index contributed by atoms with van der Waals surface area (Å²) >= 11 is 0. The van der Waals surface area contributed by atoms with Crippen LogP contribution in [0.2, 0.25) is 0 Å². The molecule has 0 atom stereocenters. The minimum absolute atomic E-state index is 0.0864. The first kappa shape index (κ1) is 14.4. The number of nitrogens with one attached hydrogen (secondary N) is 1. The van der Waals surface area contributed by atoms with Crippen LogP contribution in [0.1, 0.15) is 22.4 Å². The fourth-order valence-corrected chi connectivity index (χ4v) is 2.00. The number of nitrogens with zero attached hydrogens (tertiary/aromatic N) is 1. The lowest BCUT2D eigenvalue weighted by Crippen LogP contribution is -2.15. The molecule has 0 radical (unpaired) electrons. The summed E-state index contributed by atoms with van der Waals surface area (Å²) in [6, 6.07) is 6.32. The van der Waals surface area contributed by atoms with Gasteiger partial charge in [-0.1, -0.05) is 12.1 Å². The number of aromatic nitrogens is 1. The normalized spacial score (nSPS) is 10.8. The largest absolute Gasteiger partial charge is 0.506 e. The molecule has 4 nitrogen and oxygen atoms in total. The fraction of sp³-hybridized carbons (Fsp3) is 0.267. The quantitative estimate of drug-likeness (QED) is 0.781. The van der Waals surface area contributed by atoms with Gasteiger partial charge < -0.3 is 15.5 Å². The van der Waals surface area contributed by atoms with E-state index in [0.717, 1.165) is 5.56 Å². The van der Waals surface area contributed by atoms with Gasteiger partial charge in [0.05, 0.1) is 12.3 Å². The van der Waals surface area contributed by atoms with Crippen molar-refractivity contribution in [2.75, 3.05) is 0 Å². The Bertz CT molecular complexity index is 602. The van der Waals surface area contributed by atoms with Gasteiger partial charge in [-0.25, -0.2) is 4.39 Å². The van der Waals surface area contributed by atoms with Gasteiger partial charge in [0, 0.05) is 30.4 Å². The molecule has 106 valence electrons. The van der Waals surface area contributed by atoms with Crippen LogP contribution in [0, 0.1) is 12.7 Å². The second-order valence-electron chi connectivity index (χ2n) is 4.59. The molecule has 1 aromatic carbocycles. The zero-order valence-corrected chi connectivity index (χ0v) is 11.2. The summed E-state index contributed by atoms with van der Waals surface area (Å²) in [4.78, 5) is 4.00. The predicted octanol–water partition coefficient (Wildman–Crippen LogP) is 2.02. The van der Waals surface area contributed by atoms with Gasteiger partial charge in [0.15, 0.2) is 0 Å². The standard InChI is InChI=1S/C15H17FN2O2/c1-10-15(20)14(12(9-19)7-18-10)8-17-6-11-3-2-4-13(16)5-11/h2-5,7,17,19-20H,6,8-9H2,1H3. The molecule has 0 bridgehead atoms. The van der Waals surface area contributed by atoms with E-state index in [1.54, 1.807) is 19.2 Å². The van der Waals surface area contributed by atoms with Crippen molar-refractivity contribution in [1.29, 1.82) is 0 Å². The van der Waals surface area contributed by atoms with E-state index in [2.05, 4.69) is 10.3 Å². The van der Waals surface area contributed by atoms with Crippen molar-refractivity contribution in [2.45, 2.75) is 26.6 Å². The van der Waals surface area contributed by atoms with E-state index in [9.17, 15) is 14.6 Å². The predicted molar refractivity (Wildman–Crippen MR) is 73.5 cm³/mol. The average molecular weight is 276 g/mol. The first-order valence-corrected chi connectivity index (χ1v) is 6.34.